The minimum atomic E-state index is -0.214. The van der Waals surface area contributed by atoms with E-state index in [-0.39, 0.29) is 18.1 Å². The maximum Gasteiger partial charge on any atom is 0.297 e. The van der Waals surface area contributed by atoms with Gasteiger partial charge < -0.3 is 10.1 Å². The van der Waals surface area contributed by atoms with Crippen molar-refractivity contribution in [1.29, 1.82) is 0 Å². The summed E-state index contributed by atoms with van der Waals surface area (Å²) in [5.41, 5.74) is 5.69. The second-order valence-corrected chi connectivity index (χ2v) is 10.4. The Bertz CT molecular complexity index is 1910. The first kappa shape index (κ1) is 26.3. The number of hydrogen-bond acceptors (Lipinski definition) is 6. The fraction of sp³-hybridized carbons (Fsp3) is 0.161. The van der Waals surface area contributed by atoms with E-state index in [0.717, 1.165) is 33.9 Å². The summed E-state index contributed by atoms with van der Waals surface area (Å²) in [6.45, 7) is 3.93. The van der Waals surface area contributed by atoms with E-state index in [1.54, 1.807) is 9.36 Å². The van der Waals surface area contributed by atoms with Gasteiger partial charge in [-0.05, 0) is 49.2 Å². The van der Waals surface area contributed by atoms with E-state index in [4.69, 9.17) is 14.8 Å². The largest absolute Gasteiger partial charge is 0.482 e. The highest BCUT2D eigenvalue weighted by Gasteiger charge is 2.20. The molecule has 0 unspecified atom stereocenters. The third-order valence-corrected chi connectivity index (χ3v) is 7.80. The van der Waals surface area contributed by atoms with Crippen molar-refractivity contribution in [2.24, 2.45) is 17.1 Å². The topological polar surface area (TPSA) is 94.9 Å². The standard InChI is InChI=1S/C31H28N6O3S/c1-4-24(21-11-7-5-8-12-21)34-36-26(22-15-16-27-25(17-22)32-28(38)18-40-27)19-41-31(36)33-29-20(2)35(3)37(30(29)39)23-13-9-6-10-14-23/h5-17,19H,4,18H2,1-3H3,(H,32,38). The summed E-state index contributed by atoms with van der Waals surface area (Å²) < 4.78 is 10.8. The van der Waals surface area contributed by atoms with Crippen molar-refractivity contribution in [3.63, 3.8) is 0 Å². The number of ether oxygens (including phenoxy) is 1. The molecule has 9 nitrogen and oxygen atoms in total. The van der Waals surface area contributed by atoms with Crippen LogP contribution in [0.4, 0.5) is 11.4 Å². The molecule has 0 bridgehead atoms. The maximum absolute atomic E-state index is 13.6. The predicted molar refractivity (Wildman–Crippen MR) is 162 cm³/mol. The van der Waals surface area contributed by atoms with Crippen molar-refractivity contribution >= 4 is 34.3 Å². The van der Waals surface area contributed by atoms with Crippen LogP contribution in [0.5, 0.6) is 5.75 Å². The van der Waals surface area contributed by atoms with Crippen LogP contribution in [0.15, 0.2) is 99.1 Å². The average molecular weight is 565 g/mol. The van der Waals surface area contributed by atoms with Crippen molar-refractivity contribution in [2.75, 3.05) is 11.9 Å². The Morgan fingerprint density at radius 2 is 1.76 bits per heavy atom. The van der Waals surface area contributed by atoms with Crippen molar-refractivity contribution < 1.29 is 9.53 Å². The fourth-order valence-electron chi connectivity index (χ4n) is 4.78. The van der Waals surface area contributed by atoms with E-state index in [2.05, 4.69) is 12.2 Å². The van der Waals surface area contributed by atoms with Crippen molar-refractivity contribution in [1.82, 2.24) is 14.0 Å². The monoisotopic (exact) mass is 564 g/mol. The molecule has 41 heavy (non-hydrogen) atoms. The molecule has 1 aliphatic rings. The molecule has 0 fully saturated rings. The lowest BCUT2D eigenvalue weighted by Gasteiger charge is -2.18. The Hall–Kier alpha value is -4.96. The summed E-state index contributed by atoms with van der Waals surface area (Å²) in [6, 6.07) is 25.1. The van der Waals surface area contributed by atoms with Gasteiger partial charge in [0.2, 0.25) is 4.80 Å². The molecular weight excluding hydrogens is 536 g/mol. The lowest BCUT2D eigenvalue weighted by molar-refractivity contribution is -0.118. The third-order valence-electron chi connectivity index (χ3n) is 6.99. The molecule has 5 aromatic rings. The lowest BCUT2D eigenvalue weighted by Crippen LogP contribution is -2.25. The van der Waals surface area contributed by atoms with Crippen LogP contribution in [0.25, 0.3) is 16.9 Å². The van der Waals surface area contributed by atoms with Crippen molar-refractivity contribution in [3.05, 3.63) is 111 Å². The Balaban J connectivity index is 1.57. The second kappa shape index (κ2) is 10.9. The van der Waals surface area contributed by atoms with Gasteiger partial charge in [0, 0.05) is 18.0 Å². The Kier molecular flexibility index (Phi) is 6.98. The summed E-state index contributed by atoms with van der Waals surface area (Å²) in [5.74, 6) is 0.414. The first-order chi connectivity index (χ1) is 19.9. The summed E-state index contributed by atoms with van der Waals surface area (Å²) in [4.78, 5) is 31.1. The van der Waals surface area contributed by atoms with Gasteiger partial charge in [0.05, 0.1) is 28.5 Å². The molecule has 2 aromatic heterocycles. The molecule has 3 aromatic carbocycles. The molecule has 1 amide bonds. The van der Waals surface area contributed by atoms with Gasteiger partial charge in [-0.3, -0.25) is 14.3 Å². The fourth-order valence-corrected chi connectivity index (χ4v) is 5.61. The summed E-state index contributed by atoms with van der Waals surface area (Å²) in [7, 11) is 1.85. The van der Waals surface area contributed by atoms with Crippen LogP contribution in [0, 0.1) is 6.92 Å². The molecule has 0 saturated carbocycles. The van der Waals surface area contributed by atoms with Gasteiger partial charge >= 0.3 is 0 Å². The number of fused-ring (bicyclic) bond motifs is 1. The summed E-state index contributed by atoms with van der Waals surface area (Å²) in [6.07, 6.45) is 0.686. The van der Waals surface area contributed by atoms with Gasteiger partial charge in [0.15, 0.2) is 12.3 Å². The van der Waals surface area contributed by atoms with Crippen LogP contribution in [0.3, 0.4) is 0 Å². The zero-order valence-corrected chi connectivity index (χ0v) is 23.7. The smallest absolute Gasteiger partial charge is 0.297 e. The number of anilines is 1. The van der Waals surface area contributed by atoms with Crippen molar-refractivity contribution in [3.8, 4) is 22.7 Å². The molecule has 6 rings (SSSR count). The highest BCUT2D eigenvalue weighted by atomic mass is 32.1. The minimum absolute atomic E-state index is 0.00794. The van der Waals surface area contributed by atoms with Crippen LogP contribution in [0.1, 0.15) is 24.6 Å². The quantitative estimate of drug-likeness (QED) is 0.286. The molecule has 3 heterocycles. The van der Waals surface area contributed by atoms with Gasteiger partial charge in [-0.25, -0.2) is 14.4 Å². The first-order valence-electron chi connectivity index (χ1n) is 13.2. The molecule has 1 aliphatic heterocycles. The molecule has 0 atom stereocenters. The summed E-state index contributed by atoms with van der Waals surface area (Å²) in [5, 5.41) is 9.91. The third kappa shape index (κ3) is 4.93. The van der Waals surface area contributed by atoms with Crippen LogP contribution < -0.4 is 20.4 Å². The number of nitrogens with zero attached hydrogens (tertiary/aromatic N) is 5. The van der Waals surface area contributed by atoms with Gasteiger partial charge in [-0.15, -0.1) is 11.3 Å². The Labute approximate surface area is 240 Å². The normalized spacial score (nSPS) is 13.6. The van der Waals surface area contributed by atoms with E-state index in [9.17, 15) is 9.59 Å². The number of nitrogens with one attached hydrogen (secondary N) is 1. The van der Waals surface area contributed by atoms with Crippen molar-refractivity contribution in [2.45, 2.75) is 20.3 Å². The SMILES string of the molecule is CCC(=Nn1c(-c2ccc3c(c2)NC(=O)CO3)csc1=Nc1c(C)n(C)n(-c2ccccc2)c1=O)c1ccccc1. The highest BCUT2D eigenvalue weighted by Crippen LogP contribution is 2.33. The van der Waals surface area contributed by atoms with Crippen LogP contribution in [-0.4, -0.2) is 32.3 Å². The number of carbonyl (C=O) groups excluding carboxylic acids is 1. The number of thiazole rings is 1. The zero-order chi connectivity index (χ0) is 28.5. The molecular formula is C31H28N6O3S. The van der Waals surface area contributed by atoms with E-state index in [0.29, 0.717) is 28.3 Å². The maximum atomic E-state index is 13.6. The number of aromatic nitrogens is 3. The average Bonchev–Trinajstić information content (AvgIpc) is 3.49. The number of hydrogen-bond donors (Lipinski definition) is 1. The van der Waals surface area contributed by atoms with Crippen LogP contribution >= 0.6 is 11.3 Å². The lowest BCUT2D eigenvalue weighted by atomic mass is 10.1. The Morgan fingerprint density at radius 1 is 1.02 bits per heavy atom. The number of benzene rings is 3. The highest BCUT2D eigenvalue weighted by molar-refractivity contribution is 7.07. The van der Waals surface area contributed by atoms with Gasteiger partial charge in [-0.2, -0.15) is 5.10 Å². The summed E-state index contributed by atoms with van der Waals surface area (Å²) >= 11 is 1.39. The molecule has 0 aliphatic carbocycles. The zero-order valence-electron chi connectivity index (χ0n) is 22.9. The molecule has 0 spiro atoms. The van der Waals surface area contributed by atoms with E-state index >= 15 is 0 Å². The van der Waals surface area contributed by atoms with Crippen LogP contribution in [-0.2, 0) is 11.8 Å². The van der Waals surface area contributed by atoms with E-state index < -0.39 is 0 Å². The first-order valence-corrected chi connectivity index (χ1v) is 14.1. The number of amides is 1. The van der Waals surface area contributed by atoms with E-state index in [1.165, 1.54) is 11.3 Å². The second-order valence-electron chi connectivity index (χ2n) is 9.55. The van der Waals surface area contributed by atoms with E-state index in [1.807, 2.05) is 103 Å². The molecule has 0 saturated heterocycles. The minimum Gasteiger partial charge on any atom is -0.482 e. The predicted octanol–water partition coefficient (Wildman–Crippen LogP) is 5.24. The van der Waals surface area contributed by atoms with Gasteiger partial charge in [0.25, 0.3) is 11.5 Å². The Morgan fingerprint density at radius 3 is 2.49 bits per heavy atom. The number of carbonyl (C=O) groups is 1. The van der Waals surface area contributed by atoms with Crippen LogP contribution in [0.2, 0.25) is 0 Å². The molecule has 206 valence electrons. The molecule has 0 radical (unpaired) electrons. The molecule has 1 N–H and O–H groups in total. The van der Waals surface area contributed by atoms with Gasteiger partial charge in [0.1, 0.15) is 5.75 Å². The number of rotatable bonds is 6. The number of para-hydroxylation sites is 1. The molecule has 10 heteroatoms. The van der Waals surface area contributed by atoms with Gasteiger partial charge in [-0.1, -0.05) is 55.5 Å².